The molecule has 0 saturated carbocycles. The number of carbonyl (C=O) groups is 1. The number of hydrogen-bond acceptors (Lipinski definition) is 5. The molecule has 0 spiro atoms. The average molecular weight is 480 g/mol. The van der Waals surface area contributed by atoms with Crippen molar-refractivity contribution in [3.63, 3.8) is 0 Å². The van der Waals surface area contributed by atoms with E-state index >= 15 is 0 Å². The van der Waals surface area contributed by atoms with Crippen LogP contribution < -0.4 is 5.32 Å². The van der Waals surface area contributed by atoms with Gasteiger partial charge in [0.05, 0.1) is 9.79 Å². The molecule has 0 bridgehead atoms. The van der Waals surface area contributed by atoms with Crippen LogP contribution in [0.2, 0.25) is 0 Å². The van der Waals surface area contributed by atoms with Crippen molar-refractivity contribution >= 4 is 31.6 Å². The van der Waals surface area contributed by atoms with E-state index in [0.717, 1.165) is 10.7 Å². The molecule has 0 aliphatic carbocycles. The summed E-state index contributed by atoms with van der Waals surface area (Å²) in [4.78, 5) is 12.9. The Morgan fingerprint density at radius 1 is 0.938 bits per heavy atom. The lowest BCUT2D eigenvalue weighted by molar-refractivity contribution is 0.102. The molecule has 1 N–H and O–H groups in total. The fourth-order valence-electron chi connectivity index (χ4n) is 3.87. The molecule has 2 unspecified atom stereocenters. The van der Waals surface area contributed by atoms with Crippen LogP contribution in [0.5, 0.6) is 0 Å². The molecule has 3 rings (SSSR count). The molecule has 10 heteroatoms. The molecule has 32 heavy (non-hydrogen) atoms. The SMILES string of the molecule is CC1CC(C)CN(S(=O)(=O)c2cccc(C(=O)Nc3ccc(S(=O)(=O)N(C)C)cc3)c2)C1. The quantitative estimate of drug-likeness (QED) is 0.686. The molecular weight excluding hydrogens is 450 g/mol. The van der Waals surface area contributed by atoms with E-state index in [4.69, 9.17) is 0 Å². The third-order valence-electron chi connectivity index (χ3n) is 5.46. The predicted molar refractivity (Wildman–Crippen MR) is 123 cm³/mol. The van der Waals surface area contributed by atoms with Crippen molar-refractivity contribution in [2.75, 3.05) is 32.5 Å². The maximum absolute atomic E-state index is 13.1. The van der Waals surface area contributed by atoms with Crippen molar-refractivity contribution in [1.82, 2.24) is 8.61 Å². The minimum absolute atomic E-state index is 0.0823. The smallest absolute Gasteiger partial charge is 0.255 e. The van der Waals surface area contributed by atoms with Gasteiger partial charge in [-0.3, -0.25) is 4.79 Å². The summed E-state index contributed by atoms with van der Waals surface area (Å²) in [6.45, 7) is 5.00. The van der Waals surface area contributed by atoms with E-state index in [1.165, 1.54) is 54.8 Å². The normalized spacial score (nSPS) is 20.3. The highest BCUT2D eigenvalue weighted by molar-refractivity contribution is 7.89. The molecule has 1 aliphatic heterocycles. The lowest BCUT2D eigenvalue weighted by atomic mass is 9.94. The summed E-state index contributed by atoms with van der Waals surface area (Å²) in [5.74, 6) is 0.0734. The van der Waals surface area contributed by atoms with Crippen molar-refractivity contribution in [1.29, 1.82) is 0 Å². The average Bonchev–Trinajstić information content (AvgIpc) is 2.73. The standard InChI is InChI=1S/C22H29N3O5S2/c1-16-12-17(2)15-25(14-16)32(29,30)21-7-5-6-18(13-21)22(26)23-19-8-10-20(11-9-19)31(27,28)24(3)4/h5-11,13,16-17H,12,14-15H2,1-4H3,(H,23,26). The van der Waals surface area contributed by atoms with Gasteiger partial charge in [0, 0.05) is 38.4 Å². The number of carbonyl (C=O) groups excluding carboxylic acids is 1. The van der Waals surface area contributed by atoms with Crippen molar-refractivity contribution < 1.29 is 21.6 Å². The van der Waals surface area contributed by atoms with Crippen LogP contribution in [0, 0.1) is 11.8 Å². The molecule has 8 nitrogen and oxygen atoms in total. The van der Waals surface area contributed by atoms with Crippen LogP contribution in [-0.4, -0.2) is 58.5 Å². The maximum atomic E-state index is 13.1. The largest absolute Gasteiger partial charge is 0.322 e. The molecule has 1 saturated heterocycles. The van der Waals surface area contributed by atoms with Gasteiger partial charge in [-0.1, -0.05) is 19.9 Å². The predicted octanol–water partition coefficient (Wildman–Crippen LogP) is 2.86. The number of sulfonamides is 2. The van der Waals surface area contributed by atoms with Crippen LogP contribution in [0.3, 0.4) is 0 Å². The second kappa shape index (κ2) is 9.30. The van der Waals surface area contributed by atoms with Crippen LogP contribution in [0.4, 0.5) is 5.69 Å². The zero-order valence-corrected chi connectivity index (χ0v) is 20.3. The second-order valence-electron chi connectivity index (χ2n) is 8.56. The summed E-state index contributed by atoms with van der Waals surface area (Å²) in [5, 5.41) is 2.68. The number of amides is 1. The fraction of sp³-hybridized carbons (Fsp3) is 0.409. The number of hydrogen-bond donors (Lipinski definition) is 1. The third-order valence-corrected chi connectivity index (χ3v) is 9.12. The van der Waals surface area contributed by atoms with Crippen molar-refractivity contribution in [3.05, 3.63) is 54.1 Å². The van der Waals surface area contributed by atoms with Gasteiger partial charge in [-0.25, -0.2) is 21.1 Å². The van der Waals surface area contributed by atoms with Crippen LogP contribution >= 0.6 is 0 Å². The Labute approximate surface area is 190 Å². The number of nitrogens with one attached hydrogen (secondary N) is 1. The summed E-state index contributed by atoms with van der Waals surface area (Å²) in [6.07, 6.45) is 0.989. The van der Waals surface area contributed by atoms with E-state index in [0.29, 0.717) is 18.8 Å². The first-order chi connectivity index (χ1) is 14.9. The Kier molecular flexibility index (Phi) is 7.09. The van der Waals surface area contributed by atoms with Gasteiger partial charge >= 0.3 is 0 Å². The summed E-state index contributed by atoms with van der Waals surface area (Å²) in [7, 11) is -4.39. The first-order valence-corrected chi connectivity index (χ1v) is 13.2. The van der Waals surface area contributed by atoms with Gasteiger partial charge in [0.2, 0.25) is 20.0 Å². The highest BCUT2D eigenvalue weighted by atomic mass is 32.2. The molecule has 2 aromatic rings. The van der Waals surface area contributed by atoms with Gasteiger partial charge < -0.3 is 5.32 Å². The van der Waals surface area contributed by atoms with E-state index in [1.807, 2.05) is 13.8 Å². The molecular formula is C22H29N3O5S2. The van der Waals surface area contributed by atoms with Gasteiger partial charge in [0.1, 0.15) is 0 Å². The molecule has 1 amide bonds. The summed E-state index contributed by atoms with van der Waals surface area (Å²) in [6, 6.07) is 11.8. The summed E-state index contributed by atoms with van der Waals surface area (Å²) >= 11 is 0. The second-order valence-corrected chi connectivity index (χ2v) is 12.7. The summed E-state index contributed by atoms with van der Waals surface area (Å²) in [5.41, 5.74) is 0.605. The molecule has 2 atom stereocenters. The van der Waals surface area contributed by atoms with Crippen LogP contribution in [-0.2, 0) is 20.0 Å². The van der Waals surface area contributed by atoms with Crippen LogP contribution in [0.1, 0.15) is 30.6 Å². The molecule has 2 aromatic carbocycles. The maximum Gasteiger partial charge on any atom is 0.255 e. The molecule has 0 aromatic heterocycles. The van der Waals surface area contributed by atoms with Gasteiger partial charge in [-0.05, 0) is 60.7 Å². The Hall–Kier alpha value is -2.27. The van der Waals surface area contributed by atoms with Crippen molar-refractivity contribution in [3.8, 4) is 0 Å². The Morgan fingerprint density at radius 2 is 1.53 bits per heavy atom. The molecule has 1 fully saturated rings. The highest BCUT2D eigenvalue weighted by Gasteiger charge is 2.32. The van der Waals surface area contributed by atoms with Gasteiger partial charge in [0.15, 0.2) is 0 Å². The Bertz CT molecular complexity index is 1180. The highest BCUT2D eigenvalue weighted by Crippen LogP contribution is 2.27. The first kappa shape index (κ1) is 24.4. The van der Waals surface area contributed by atoms with E-state index in [2.05, 4.69) is 5.32 Å². The van der Waals surface area contributed by atoms with Gasteiger partial charge in [0.25, 0.3) is 5.91 Å². The third kappa shape index (κ3) is 5.20. The van der Waals surface area contributed by atoms with Crippen LogP contribution in [0.15, 0.2) is 58.3 Å². The fourth-order valence-corrected chi connectivity index (χ4v) is 6.50. The molecule has 1 heterocycles. The zero-order valence-electron chi connectivity index (χ0n) is 18.6. The number of anilines is 1. The van der Waals surface area contributed by atoms with E-state index in [-0.39, 0.29) is 27.2 Å². The number of rotatable bonds is 6. The zero-order chi connectivity index (χ0) is 23.7. The van der Waals surface area contributed by atoms with E-state index < -0.39 is 26.0 Å². The number of piperidine rings is 1. The van der Waals surface area contributed by atoms with Crippen LogP contribution in [0.25, 0.3) is 0 Å². The van der Waals surface area contributed by atoms with Gasteiger partial charge in [-0.2, -0.15) is 4.31 Å². The number of nitrogens with zero attached hydrogens (tertiary/aromatic N) is 2. The summed E-state index contributed by atoms with van der Waals surface area (Å²) < 4.78 is 53.2. The Morgan fingerprint density at radius 3 is 2.09 bits per heavy atom. The van der Waals surface area contributed by atoms with Crippen molar-refractivity contribution in [2.24, 2.45) is 11.8 Å². The minimum atomic E-state index is -3.70. The van der Waals surface area contributed by atoms with E-state index in [9.17, 15) is 21.6 Å². The number of benzene rings is 2. The Balaban J connectivity index is 1.78. The molecule has 0 radical (unpaired) electrons. The van der Waals surface area contributed by atoms with Crippen molar-refractivity contribution in [2.45, 2.75) is 30.1 Å². The lowest BCUT2D eigenvalue weighted by Gasteiger charge is -2.34. The monoisotopic (exact) mass is 479 g/mol. The van der Waals surface area contributed by atoms with E-state index in [1.54, 1.807) is 12.1 Å². The lowest BCUT2D eigenvalue weighted by Crippen LogP contribution is -2.42. The molecule has 174 valence electrons. The van der Waals surface area contributed by atoms with Gasteiger partial charge in [-0.15, -0.1) is 0 Å². The first-order valence-electron chi connectivity index (χ1n) is 10.4. The topological polar surface area (TPSA) is 104 Å². The minimum Gasteiger partial charge on any atom is -0.322 e. The molecule has 1 aliphatic rings.